The van der Waals surface area contributed by atoms with Crippen LogP contribution in [0.25, 0.3) is 0 Å². The summed E-state index contributed by atoms with van der Waals surface area (Å²) in [5.41, 5.74) is 1.43. The van der Waals surface area contributed by atoms with Crippen LogP contribution >= 0.6 is 43.2 Å². The summed E-state index contributed by atoms with van der Waals surface area (Å²) in [5, 5.41) is 22.7. The fourth-order valence-electron chi connectivity index (χ4n) is 2.36. The summed E-state index contributed by atoms with van der Waals surface area (Å²) in [7, 11) is 5.44. The molecule has 0 fully saturated rings. The summed E-state index contributed by atoms with van der Waals surface area (Å²) in [4.78, 5) is 31.0. The predicted molar refractivity (Wildman–Crippen MR) is 108 cm³/mol. The fraction of sp³-hybridized carbons (Fsp3) is 0.471. The molecule has 2 unspecified atom stereocenters. The summed E-state index contributed by atoms with van der Waals surface area (Å²) >= 11 is 0. The fourth-order valence-corrected chi connectivity index (χ4v) is 6.15. The summed E-state index contributed by atoms with van der Waals surface area (Å²) in [6.07, 6.45) is 6.78. The molecule has 0 bridgehead atoms. The molecule has 3 aliphatic rings. The van der Waals surface area contributed by atoms with Crippen LogP contribution in [-0.4, -0.2) is 28.2 Å². The molecule has 0 aromatic rings. The van der Waals surface area contributed by atoms with Crippen molar-refractivity contribution >= 4 is 60.9 Å². The monoisotopic (exact) mass is 490 g/mol. The van der Waals surface area contributed by atoms with Crippen molar-refractivity contribution in [2.75, 3.05) is 0 Å². The van der Waals surface area contributed by atoms with Gasteiger partial charge in [-0.25, -0.2) is 0 Å². The van der Waals surface area contributed by atoms with E-state index in [0.717, 1.165) is 6.42 Å². The van der Waals surface area contributed by atoms with Gasteiger partial charge in [0.15, 0.2) is 5.78 Å². The second kappa shape index (κ2) is 13.0. The Morgan fingerprint density at radius 3 is 1.67 bits per heavy atom. The first kappa shape index (κ1) is 26.7. The number of hydrogen-bond acceptors (Lipinski definition) is 9. The number of rotatable bonds is 2. The van der Waals surface area contributed by atoms with Gasteiger partial charge in [-0.1, -0.05) is 74.7 Å². The minimum atomic E-state index is -1.00. The van der Waals surface area contributed by atoms with E-state index in [1.807, 2.05) is 6.92 Å². The summed E-state index contributed by atoms with van der Waals surface area (Å²) < 4.78 is 0. The minimum absolute atomic E-state index is 0. The number of carbonyl (C=O) groups is 3. The first-order chi connectivity index (χ1) is 12.1. The topological polar surface area (TPSA) is 97.3 Å². The molecular weight excluding hydrogens is 471 g/mol. The van der Waals surface area contributed by atoms with Gasteiger partial charge in [-0.2, -0.15) is 0 Å². The summed E-state index contributed by atoms with van der Waals surface area (Å²) in [6, 6.07) is 0. The molecule has 2 heterocycles. The first-order valence-corrected chi connectivity index (χ1v) is 12.3. The molecule has 0 spiro atoms. The number of ketones is 1. The van der Waals surface area contributed by atoms with E-state index in [4.69, 9.17) is 0 Å². The van der Waals surface area contributed by atoms with E-state index in [0.29, 0.717) is 6.42 Å². The van der Waals surface area contributed by atoms with Crippen LogP contribution in [0, 0.1) is 5.41 Å². The Morgan fingerprint density at radius 1 is 1.00 bits per heavy atom. The molecule has 0 aromatic carbocycles. The van der Waals surface area contributed by atoms with Crippen molar-refractivity contribution in [1.82, 2.24) is 0 Å². The van der Waals surface area contributed by atoms with Crippen LogP contribution in [0.15, 0.2) is 34.6 Å². The molecule has 0 saturated heterocycles. The summed E-state index contributed by atoms with van der Waals surface area (Å²) in [6.45, 7) is 6.31. The molecule has 2 atom stereocenters. The van der Waals surface area contributed by atoms with Crippen LogP contribution < -0.4 is 10.2 Å². The quantitative estimate of drug-likeness (QED) is 0.426. The number of allylic oxidation sites excluding steroid dienone is 2. The van der Waals surface area contributed by atoms with Crippen molar-refractivity contribution in [3.63, 3.8) is 0 Å². The maximum Gasteiger partial charge on any atom is 2.00 e. The van der Waals surface area contributed by atoms with Crippen LogP contribution in [-0.2, 0) is 30.9 Å². The van der Waals surface area contributed by atoms with Gasteiger partial charge >= 0.3 is 16.5 Å². The van der Waals surface area contributed by atoms with Gasteiger partial charge in [0.25, 0.3) is 0 Å². The molecule has 1 aliphatic carbocycles. The second-order valence-electron chi connectivity index (χ2n) is 6.50. The SMILES string of the molecule is CC1=CC(=O)CC(C)(C)C1.O=C([O-])C1C=CSS1.O=C([O-])C1C=CSS1.[Ni+2]. The van der Waals surface area contributed by atoms with Crippen molar-refractivity contribution in [2.45, 2.75) is 44.1 Å². The van der Waals surface area contributed by atoms with Crippen molar-refractivity contribution in [2.24, 2.45) is 5.41 Å². The van der Waals surface area contributed by atoms with Crippen LogP contribution in [0.4, 0.5) is 0 Å². The minimum Gasteiger partial charge on any atom is -0.549 e. The van der Waals surface area contributed by atoms with E-state index in [9.17, 15) is 24.6 Å². The normalized spacial score (nSPS) is 24.6. The molecule has 27 heavy (non-hydrogen) atoms. The average molecular weight is 491 g/mol. The zero-order valence-electron chi connectivity index (χ0n) is 14.9. The Hall–Kier alpha value is -0.276. The third-order valence-corrected chi connectivity index (χ3v) is 7.67. The maximum atomic E-state index is 11.0. The predicted octanol–water partition coefficient (Wildman–Crippen LogP) is 2.35. The van der Waals surface area contributed by atoms with E-state index in [2.05, 4.69) is 13.8 Å². The van der Waals surface area contributed by atoms with Crippen molar-refractivity contribution < 1.29 is 41.1 Å². The largest absolute Gasteiger partial charge is 2.00 e. The maximum absolute atomic E-state index is 11.0. The van der Waals surface area contributed by atoms with Crippen LogP contribution in [0.1, 0.15) is 33.6 Å². The molecule has 0 saturated carbocycles. The molecule has 0 aromatic heterocycles. The molecule has 3 rings (SSSR count). The number of carboxylic acids is 2. The Labute approximate surface area is 185 Å². The van der Waals surface area contributed by atoms with E-state index in [-0.39, 0.29) is 27.7 Å². The molecule has 0 amide bonds. The van der Waals surface area contributed by atoms with Gasteiger partial charge in [0, 0.05) is 6.42 Å². The van der Waals surface area contributed by atoms with E-state index >= 15 is 0 Å². The number of carbonyl (C=O) groups excluding carboxylic acids is 3. The third kappa shape index (κ3) is 11.3. The van der Waals surface area contributed by atoms with Crippen LogP contribution in [0.3, 0.4) is 0 Å². The van der Waals surface area contributed by atoms with E-state index in [1.54, 1.807) is 29.0 Å². The van der Waals surface area contributed by atoms with E-state index < -0.39 is 22.4 Å². The first-order valence-electron chi connectivity index (χ1n) is 7.70. The Bertz CT molecular complexity index is 599. The zero-order valence-corrected chi connectivity index (χ0v) is 19.2. The zero-order chi connectivity index (χ0) is 19.7. The van der Waals surface area contributed by atoms with Gasteiger partial charge in [0.2, 0.25) is 0 Å². The smallest absolute Gasteiger partial charge is 0.549 e. The van der Waals surface area contributed by atoms with Crippen LogP contribution in [0.2, 0.25) is 0 Å². The Kier molecular flexibility index (Phi) is 12.9. The molecule has 152 valence electrons. The number of carboxylic acid groups (broad SMARTS) is 2. The van der Waals surface area contributed by atoms with Gasteiger partial charge in [-0.3, -0.25) is 4.79 Å². The van der Waals surface area contributed by atoms with Gasteiger partial charge in [0.05, 0.1) is 22.4 Å². The van der Waals surface area contributed by atoms with Crippen molar-refractivity contribution in [3.8, 4) is 0 Å². The Balaban J connectivity index is 0.000000372. The summed E-state index contributed by atoms with van der Waals surface area (Å²) in [5.74, 6) is -1.72. The standard InChI is InChI=1S/C9H14O.2C4H4O2S2.Ni/c1-7-4-8(10)6-9(2,3)5-7;2*5-4(6)3-1-2-7-8-3;/h4H,5-6H2,1-3H3;2*1-3H,(H,5,6);/q;;;+2/p-2. The molecule has 0 radical (unpaired) electrons. The average Bonchev–Trinajstić information content (AvgIpc) is 3.20. The van der Waals surface area contributed by atoms with Gasteiger partial charge in [-0.15, -0.1) is 0 Å². The van der Waals surface area contributed by atoms with Crippen molar-refractivity contribution in [3.05, 3.63) is 34.6 Å². The molecular formula is C17H20NiO5S4. The van der Waals surface area contributed by atoms with Gasteiger partial charge in [-0.05, 0) is 35.7 Å². The van der Waals surface area contributed by atoms with E-state index in [1.165, 1.54) is 48.7 Å². The Morgan fingerprint density at radius 2 is 1.44 bits per heavy atom. The molecule has 10 heteroatoms. The molecule has 5 nitrogen and oxygen atoms in total. The number of aliphatic carboxylic acids is 2. The second-order valence-corrected chi connectivity index (χ2v) is 11.1. The van der Waals surface area contributed by atoms with Crippen LogP contribution in [0.5, 0.6) is 0 Å². The van der Waals surface area contributed by atoms with Gasteiger partial charge in [0.1, 0.15) is 0 Å². The number of hydrogen-bond donors (Lipinski definition) is 0. The van der Waals surface area contributed by atoms with Gasteiger partial charge < -0.3 is 19.8 Å². The van der Waals surface area contributed by atoms with Crippen molar-refractivity contribution in [1.29, 1.82) is 0 Å². The molecule has 0 N–H and O–H groups in total. The molecule has 2 aliphatic heterocycles. The third-order valence-electron chi connectivity index (χ3n) is 3.22.